The van der Waals surface area contributed by atoms with E-state index in [0.29, 0.717) is 0 Å². The molecule has 0 aliphatic rings. The fourth-order valence-corrected chi connectivity index (χ4v) is 3.79. The molecule has 0 bridgehead atoms. The van der Waals surface area contributed by atoms with Gasteiger partial charge in [0.1, 0.15) is 0 Å². The molecule has 0 saturated heterocycles. The Morgan fingerprint density at radius 3 is 2.85 bits per heavy atom. The molecule has 3 nitrogen and oxygen atoms in total. The minimum atomic E-state index is 0.785. The molecule has 0 unspecified atom stereocenters. The molecule has 104 valence electrons. The number of benzene rings is 1. The molecule has 0 saturated carbocycles. The molecule has 5 heteroatoms. The summed E-state index contributed by atoms with van der Waals surface area (Å²) in [7, 11) is 0. The fourth-order valence-electron chi connectivity index (χ4n) is 2.38. The zero-order valence-electron chi connectivity index (χ0n) is 11.7. The molecule has 0 atom stereocenters. The highest BCUT2D eigenvalue weighted by Crippen LogP contribution is 2.23. The molecular formula is C15H16BrN3S. The molecule has 0 fully saturated rings. The molecule has 3 rings (SSSR count). The number of nitrogens with zero attached hydrogens (tertiary/aromatic N) is 2. The second kappa shape index (κ2) is 5.22. The summed E-state index contributed by atoms with van der Waals surface area (Å²) in [5, 5.41) is 5.66. The Labute approximate surface area is 130 Å². The smallest absolute Gasteiger partial charge is 0.194 e. The number of hydrogen-bond donors (Lipinski definition) is 1. The first-order valence-corrected chi connectivity index (χ1v) is 8.15. The van der Waals surface area contributed by atoms with Crippen LogP contribution in [-0.4, -0.2) is 9.38 Å². The van der Waals surface area contributed by atoms with E-state index in [2.05, 4.69) is 75.0 Å². The third-order valence-corrected chi connectivity index (χ3v) is 4.90. The summed E-state index contributed by atoms with van der Waals surface area (Å²) < 4.78 is 3.35. The monoisotopic (exact) mass is 349 g/mol. The first-order chi connectivity index (χ1) is 9.56. The van der Waals surface area contributed by atoms with Crippen LogP contribution in [0.25, 0.3) is 4.96 Å². The van der Waals surface area contributed by atoms with E-state index in [1.165, 1.54) is 17.0 Å². The summed E-state index contributed by atoms with van der Waals surface area (Å²) in [6.07, 6.45) is 0. The fraction of sp³-hybridized carbons (Fsp3) is 0.267. The normalized spacial score (nSPS) is 11.2. The van der Waals surface area contributed by atoms with E-state index in [0.717, 1.165) is 27.4 Å². The lowest BCUT2D eigenvalue weighted by atomic mass is 10.2. The van der Waals surface area contributed by atoms with Crippen LogP contribution in [0.2, 0.25) is 0 Å². The van der Waals surface area contributed by atoms with Gasteiger partial charge in [-0.2, -0.15) is 0 Å². The van der Waals surface area contributed by atoms with E-state index in [-0.39, 0.29) is 0 Å². The lowest BCUT2D eigenvalue weighted by Gasteiger charge is -2.10. The predicted octanol–water partition coefficient (Wildman–Crippen LogP) is 4.70. The largest absolute Gasteiger partial charge is 0.379 e. The zero-order chi connectivity index (χ0) is 14.3. The van der Waals surface area contributed by atoms with Crippen molar-refractivity contribution in [2.45, 2.75) is 27.3 Å². The third-order valence-electron chi connectivity index (χ3n) is 3.46. The van der Waals surface area contributed by atoms with Gasteiger partial charge in [0.15, 0.2) is 4.96 Å². The second-order valence-corrected chi connectivity index (χ2v) is 6.70. The lowest BCUT2D eigenvalue weighted by Crippen LogP contribution is -2.05. The minimum Gasteiger partial charge on any atom is -0.379 e. The molecule has 0 aliphatic heterocycles. The standard InChI is InChI=1S/C15H16BrN3S/c1-9-6-12(16)4-5-13(9)17-7-14-11(3)18-15-19(14)10(2)8-20-15/h4-6,8,17H,7H2,1-3H3. The average Bonchev–Trinajstić information content (AvgIpc) is 2.89. The molecule has 1 N–H and O–H groups in total. The summed E-state index contributed by atoms with van der Waals surface area (Å²) in [5.74, 6) is 0. The molecule has 2 aromatic heterocycles. The van der Waals surface area contributed by atoms with Crippen LogP contribution in [0.4, 0.5) is 5.69 Å². The maximum Gasteiger partial charge on any atom is 0.194 e. The number of aryl methyl sites for hydroxylation is 3. The van der Waals surface area contributed by atoms with Crippen LogP contribution in [0.5, 0.6) is 0 Å². The summed E-state index contributed by atoms with van der Waals surface area (Å²) in [6.45, 7) is 7.10. The number of hydrogen-bond acceptors (Lipinski definition) is 3. The molecule has 0 aliphatic carbocycles. The summed E-state index contributed by atoms with van der Waals surface area (Å²) in [4.78, 5) is 5.69. The van der Waals surface area contributed by atoms with Crippen LogP contribution in [0.1, 0.15) is 22.6 Å². The van der Waals surface area contributed by atoms with Crippen LogP contribution in [0.3, 0.4) is 0 Å². The molecule has 20 heavy (non-hydrogen) atoms. The highest BCUT2D eigenvalue weighted by molar-refractivity contribution is 9.10. The third kappa shape index (κ3) is 2.36. The second-order valence-electron chi connectivity index (χ2n) is 4.95. The van der Waals surface area contributed by atoms with Crippen LogP contribution in [-0.2, 0) is 6.54 Å². The maximum atomic E-state index is 4.62. The van der Waals surface area contributed by atoms with Gasteiger partial charge in [0, 0.05) is 21.2 Å². The van der Waals surface area contributed by atoms with Crippen LogP contribution >= 0.6 is 27.3 Å². The Bertz CT molecular complexity index is 773. The SMILES string of the molecule is Cc1cc(Br)ccc1NCc1c(C)nc2scc(C)n12. The van der Waals surface area contributed by atoms with E-state index >= 15 is 0 Å². The van der Waals surface area contributed by atoms with Crippen molar-refractivity contribution in [3.8, 4) is 0 Å². The summed E-state index contributed by atoms with van der Waals surface area (Å²) >= 11 is 5.19. The van der Waals surface area contributed by atoms with Gasteiger partial charge in [-0.1, -0.05) is 15.9 Å². The van der Waals surface area contributed by atoms with Gasteiger partial charge in [-0.15, -0.1) is 11.3 Å². The highest BCUT2D eigenvalue weighted by Gasteiger charge is 2.12. The van der Waals surface area contributed by atoms with Crippen LogP contribution in [0.15, 0.2) is 28.1 Å². The van der Waals surface area contributed by atoms with Crippen molar-refractivity contribution >= 4 is 37.9 Å². The van der Waals surface area contributed by atoms with Gasteiger partial charge in [-0.25, -0.2) is 4.98 Å². The topological polar surface area (TPSA) is 29.3 Å². The Morgan fingerprint density at radius 1 is 1.30 bits per heavy atom. The van der Waals surface area contributed by atoms with Crippen molar-refractivity contribution in [2.24, 2.45) is 0 Å². The highest BCUT2D eigenvalue weighted by atomic mass is 79.9. The van der Waals surface area contributed by atoms with E-state index < -0.39 is 0 Å². The molecule has 2 heterocycles. The van der Waals surface area contributed by atoms with Gasteiger partial charge in [0.05, 0.1) is 17.9 Å². The molecule has 1 aromatic carbocycles. The van der Waals surface area contributed by atoms with Crippen LogP contribution in [0, 0.1) is 20.8 Å². The first kappa shape index (κ1) is 13.6. The number of anilines is 1. The Balaban J connectivity index is 1.90. The molecular weight excluding hydrogens is 334 g/mol. The molecule has 0 amide bonds. The van der Waals surface area contributed by atoms with Crippen molar-refractivity contribution in [3.63, 3.8) is 0 Å². The number of imidazole rings is 1. The maximum absolute atomic E-state index is 4.62. The van der Waals surface area contributed by atoms with Crippen molar-refractivity contribution in [1.82, 2.24) is 9.38 Å². The quantitative estimate of drug-likeness (QED) is 0.742. The number of aromatic nitrogens is 2. The zero-order valence-corrected chi connectivity index (χ0v) is 14.1. The van der Waals surface area contributed by atoms with Gasteiger partial charge in [-0.05, 0) is 44.5 Å². The Morgan fingerprint density at radius 2 is 2.10 bits per heavy atom. The minimum absolute atomic E-state index is 0.785. The van der Waals surface area contributed by atoms with E-state index in [9.17, 15) is 0 Å². The molecule has 0 spiro atoms. The van der Waals surface area contributed by atoms with E-state index in [4.69, 9.17) is 0 Å². The molecule has 3 aromatic rings. The number of fused-ring (bicyclic) bond motifs is 1. The number of rotatable bonds is 3. The van der Waals surface area contributed by atoms with Gasteiger partial charge in [-0.3, -0.25) is 4.40 Å². The van der Waals surface area contributed by atoms with Crippen molar-refractivity contribution in [1.29, 1.82) is 0 Å². The van der Waals surface area contributed by atoms with Crippen molar-refractivity contribution in [3.05, 3.63) is 50.7 Å². The number of nitrogens with one attached hydrogen (secondary N) is 1. The average molecular weight is 350 g/mol. The van der Waals surface area contributed by atoms with Crippen LogP contribution < -0.4 is 5.32 Å². The summed E-state index contributed by atoms with van der Waals surface area (Å²) in [6, 6.07) is 6.29. The van der Waals surface area contributed by atoms with Gasteiger partial charge in [0.25, 0.3) is 0 Å². The van der Waals surface area contributed by atoms with Gasteiger partial charge >= 0.3 is 0 Å². The van der Waals surface area contributed by atoms with E-state index in [1.807, 2.05) is 0 Å². The summed E-state index contributed by atoms with van der Waals surface area (Å²) in [5.41, 5.74) is 5.98. The number of halogens is 1. The molecule has 0 radical (unpaired) electrons. The van der Waals surface area contributed by atoms with Gasteiger partial charge < -0.3 is 5.32 Å². The first-order valence-electron chi connectivity index (χ1n) is 6.48. The number of thiazole rings is 1. The Hall–Kier alpha value is -1.33. The van der Waals surface area contributed by atoms with Gasteiger partial charge in [0.2, 0.25) is 0 Å². The van der Waals surface area contributed by atoms with E-state index in [1.54, 1.807) is 11.3 Å². The Kier molecular flexibility index (Phi) is 3.56. The van der Waals surface area contributed by atoms with Crippen molar-refractivity contribution in [2.75, 3.05) is 5.32 Å². The predicted molar refractivity (Wildman–Crippen MR) is 88.7 cm³/mol. The van der Waals surface area contributed by atoms with Crippen molar-refractivity contribution < 1.29 is 0 Å². The lowest BCUT2D eigenvalue weighted by molar-refractivity contribution is 0.965.